The summed E-state index contributed by atoms with van der Waals surface area (Å²) in [4.78, 5) is 15.7. The number of hydrogen-bond donors (Lipinski definition) is 1. The molecule has 0 aliphatic carbocycles. The highest BCUT2D eigenvalue weighted by Crippen LogP contribution is 2.44. The third kappa shape index (κ3) is 4.03. The van der Waals surface area contributed by atoms with Crippen molar-refractivity contribution in [3.8, 4) is 5.75 Å². The molecule has 1 atom stereocenters. The number of carbonyl (C=O) groups is 1. The molecule has 1 aliphatic heterocycles. The number of aliphatic hydroxyl groups excluding tert-OH is 1. The van der Waals surface area contributed by atoms with E-state index in [1.165, 1.54) is 11.0 Å². The molecule has 3 aromatic carbocycles. The molecule has 0 saturated heterocycles. The van der Waals surface area contributed by atoms with Gasteiger partial charge in [0.2, 0.25) is 0 Å². The summed E-state index contributed by atoms with van der Waals surface area (Å²) in [7, 11) is 1.57. The van der Waals surface area contributed by atoms with E-state index in [9.17, 15) is 14.3 Å². The normalized spacial score (nSPS) is 16.2. The molecular weight excluding hydrogens is 413 g/mol. The summed E-state index contributed by atoms with van der Waals surface area (Å²) in [6.45, 7) is 0.246. The average Bonchev–Trinajstić information content (AvgIpc) is 3.05. The van der Waals surface area contributed by atoms with E-state index in [0.717, 1.165) is 10.5 Å². The molecule has 0 spiro atoms. The number of methoxy groups -OCH3 is 1. The molecule has 0 radical (unpaired) electrons. The van der Waals surface area contributed by atoms with Gasteiger partial charge >= 0.3 is 0 Å². The van der Waals surface area contributed by atoms with Crippen molar-refractivity contribution >= 4 is 23.2 Å². The van der Waals surface area contributed by atoms with E-state index in [-0.39, 0.29) is 12.3 Å². The number of benzene rings is 3. The number of hydrogen-bond acceptors (Lipinski definition) is 4. The minimum Gasteiger partial charge on any atom is -0.503 e. The van der Waals surface area contributed by atoms with E-state index in [2.05, 4.69) is 0 Å². The summed E-state index contributed by atoms with van der Waals surface area (Å²) in [6, 6.07) is 20.5. The van der Waals surface area contributed by atoms with Gasteiger partial charge in [-0.05, 0) is 47.7 Å². The summed E-state index contributed by atoms with van der Waals surface area (Å²) in [5.41, 5.74) is 2.27. The van der Waals surface area contributed by atoms with Gasteiger partial charge < -0.3 is 14.7 Å². The molecule has 0 bridgehead atoms. The Morgan fingerprint density at radius 2 is 1.71 bits per heavy atom. The fraction of sp³-hybridized carbons (Fsp3) is 0.160. The Balaban J connectivity index is 1.79. The number of ether oxygens (including phenoxy) is 1. The summed E-state index contributed by atoms with van der Waals surface area (Å²) in [5, 5.41) is 10.8. The maximum Gasteiger partial charge on any atom is 0.290 e. The zero-order valence-corrected chi connectivity index (χ0v) is 18.0. The number of carbonyl (C=O) groups excluding carboxylic acids is 1. The van der Waals surface area contributed by atoms with E-state index >= 15 is 0 Å². The molecule has 31 heavy (non-hydrogen) atoms. The highest BCUT2D eigenvalue weighted by Gasteiger charge is 2.42. The van der Waals surface area contributed by atoms with E-state index in [0.29, 0.717) is 22.4 Å². The largest absolute Gasteiger partial charge is 0.503 e. The molecule has 4 rings (SSSR count). The van der Waals surface area contributed by atoms with Crippen LogP contribution in [-0.2, 0) is 11.3 Å². The molecule has 0 aromatic heterocycles. The van der Waals surface area contributed by atoms with Gasteiger partial charge in [-0.25, -0.2) is 4.39 Å². The van der Waals surface area contributed by atoms with Crippen molar-refractivity contribution in [2.45, 2.75) is 17.5 Å². The number of rotatable bonds is 6. The number of thioether (sulfide) groups is 1. The van der Waals surface area contributed by atoms with Gasteiger partial charge in [0, 0.05) is 22.6 Å². The van der Waals surface area contributed by atoms with Crippen LogP contribution in [-0.4, -0.2) is 29.3 Å². The Kier molecular flexibility index (Phi) is 6.00. The van der Waals surface area contributed by atoms with Gasteiger partial charge in [-0.2, -0.15) is 0 Å². The molecule has 1 aliphatic rings. The van der Waals surface area contributed by atoms with Crippen molar-refractivity contribution in [1.29, 1.82) is 0 Å². The average molecular weight is 436 g/mol. The molecule has 6 heteroatoms. The minimum atomic E-state index is -0.748. The third-order valence-corrected chi connectivity index (χ3v) is 6.16. The lowest BCUT2D eigenvalue weighted by atomic mass is 9.93. The monoisotopic (exact) mass is 435 g/mol. The van der Waals surface area contributed by atoms with Crippen LogP contribution in [0.5, 0.6) is 5.75 Å². The number of halogens is 1. The lowest BCUT2D eigenvalue weighted by Crippen LogP contribution is -2.30. The fourth-order valence-electron chi connectivity index (χ4n) is 3.83. The number of amides is 1. The smallest absolute Gasteiger partial charge is 0.290 e. The Morgan fingerprint density at radius 1 is 1.03 bits per heavy atom. The first-order valence-electron chi connectivity index (χ1n) is 9.79. The minimum absolute atomic E-state index is 0.246. The highest BCUT2D eigenvalue weighted by atomic mass is 32.2. The Hall–Kier alpha value is -3.25. The van der Waals surface area contributed by atoms with E-state index in [1.54, 1.807) is 61.3 Å². The lowest BCUT2D eigenvalue weighted by molar-refractivity contribution is -0.130. The van der Waals surface area contributed by atoms with Crippen LogP contribution in [0.3, 0.4) is 0 Å². The van der Waals surface area contributed by atoms with Crippen LogP contribution < -0.4 is 4.74 Å². The molecule has 1 N–H and O–H groups in total. The van der Waals surface area contributed by atoms with Crippen molar-refractivity contribution in [2.24, 2.45) is 0 Å². The molecule has 3 aromatic rings. The molecule has 0 unspecified atom stereocenters. The predicted octanol–water partition coefficient (Wildman–Crippen LogP) is 5.61. The first-order chi connectivity index (χ1) is 15.0. The van der Waals surface area contributed by atoms with Gasteiger partial charge in [0.25, 0.3) is 5.91 Å². The molecule has 0 fully saturated rings. The fourth-order valence-corrected chi connectivity index (χ4v) is 4.24. The maximum absolute atomic E-state index is 14.8. The standard InChI is InChI=1S/C25H22FNO3S/c1-30-18-11-9-17(10-12-18)22-23(20-5-3-4-6-21(20)26)27(25(29)24(22)28)15-16-7-13-19(31-2)14-8-16/h3-14,23,28H,15H2,1-2H3/t23-/m0/s1. The second kappa shape index (κ2) is 8.86. The second-order valence-electron chi connectivity index (χ2n) is 7.20. The third-order valence-electron chi connectivity index (χ3n) is 5.42. The van der Waals surface area contributed by atoms with Crippen molar-refractivity contribution in [2.75, 3.05) is 13.4 Å². The van der Waals surface area contributed by atoms with Crippen LogP contribution in [0.25, 0.3) is 5.57 Å². The molecule has 158 valence electrons. The van der Waals surface area contributed by atoms with Crippen molar-refractivity contribution < 1.29 is 19.0 Å². The van der Waals surface area contributed by atoms with Gasteiger partial charge in [-0.1, -0.05) is 42.5 Å². The summed E-state index contributed by atoms with van der Waals surface area (Å²) in [5.74, 6) is -0.655. The molecule has 1 heterocycles. The van der Waals surface area contributed by atoms with Crippen LogP contribution in [0.4, 0.5) is 4.39 Å². The zero-order valence-electron chi connectivity index (χ0n) is 17.2. The van der Waals surface area contributed by atoms with Gasteiger partial charge in [-0.3, -0.25) is 4.79 Å². The van der Waals surface area contributed by atoms with E-state index in [1.807, 2.05) is 30.5 Å². The molecular formula is C25H22FNO3S. The van der Waals surface area contributed by atoms with Crippen LogP contribution in [0, 0.1) is 5.82 Å². The SMILES string of the molecule is COc1ccc(C2=C(O)C(=O)N(Cc3ccc(SC)cc3)[C@H]2c2ccccc2F)cc1. The van der Waals surface area contributed by atoms with Gasteiger partial charge in [0.15, 0.2) is 5.76 Å². The highest BCUT2D eigenvalue weighted by molar-refractivity contribution is 7.98. The first kappa shape index (κ1) is 21.0. The molecule has 1 amide bonds. The lowest BCUT2D eigenvalue weighted by Gasteiger charge is -2.28. The van der Waals surface area contributed by atoms with Crippen LogP contribution in [0.15, 0.2) is 83.5 Å². The Labute approximate surface area is 185 Å². The second-order valence-corrected chi connectivity index (χ2v) is 8.08. The zero-order chi connectivity index (χ0) is 22.0. The number of aliphatic hydroxyl groups is 1. The summed E-state index contributed by atoms with van der Waals surface area (Å²) >= 11 is 1.63. The van der Waals surface area contributed by atoms with Gasteiger partial charge in [-0.15, -0.1) is 11.8 Å². The van der Waals surface area contributed by atoms with Gasteiger partial charge in [0.1, 0.15) is 11.6 Å². The van der Waals surface area contributed by atoms with Crippen LogP contribution in [0.1, 0.15) is 22.7 Å². The number of nitrogens with zero attached hydrogens (tertiary/aromatic N) is 1. The van der Waals surface area contributed by atoms with Crippen LogP contribution in [0.2, 0.25) is 0 Å². The quantitative estimate of drug-likeness (QED) is 0.512. The van der Waals surface area contributed by atoms with Crippen LogP contribution >= 0.6 is 11.8 Å². The van der Waals surface area contributed by atoms with Crippen molar-refractivity contribution in [3.05, 3.63) is 101 Å². The Morgan fingerprint density at radius 3 is 2.32 bits per heavy atom. The van der Waals surface area contributed by atoms with Crippen molar-refractivity contribution in [3.63, 3.8) is 0 Å². The summed E-state index contributed by atoms with van der Waals surface area (Å²) in [6.07, 6.45) is 2.00. The predicted molar refractivity (Wildman–Crippen MR) is 120 cm³/mol. The topological polar surface area (TPSA) is 49.8 Å². The Bertz CT molecular complexity index is 1130. The van der Waals surface area contributed by atoms with Crippen molar-refractivity contribution in [1.82, 2.24) is 4.90 Å². The summed E-state index contributed by atoms with van der Waals surface area (Å²) < 4.78 is 20.1. The maximum atomic E-state index is 14.8. The van der Waals surface area contributed by atoms with E-state index < -0.39 is 17.8 Å². The molecule has 0 saturated carbocycles. The van der Waals surface area contributed by atoms with Gasteiger partial charge in [0.05, 0.1) is 13.2 Å². The first-order valence-corrected chi connectivity index (χ1v) is 11.0. The molecule has 4 nitrogen and oxygen atoms in total. The van der Waals surface area contributed by atoms with E-state index in [4.69, 9.17) is 4.74 Å².